The van der Waals surface area contributed by atoms with Gasteiger partial charge in [0.25, 0.3) is 0 Å². The highest BCUT2D eigenvalue weighted by atomic mass is 35.5. The smallest absolute Gasteiger partial charge is 0.311 e. The van der Waals surface area contributed by atoms with Crippen molar-refractivity contribution in [2.75, 3.05) is 0 Å². The van der Waals surface area contributed by atoms with E-state index in [0.717, 1.165) is 0 Å². The van der Waals surface area contributed by atoms with Crippen LogP contribution in [0.3, 0.4) is 0 Å². The number of halogens is 1. The first kappa shape index (κ1) is 12.2. The van der Waals surface area contributed by atoms with E-state index in [9.17, 15) is 9.59 Å². The molecule has 0 saturated carbocycles. The molecule has 0 aromatic carbocycles. The van der Waals surface area contributed by atoms with Crippen LogP contribution in [0.2, 0.25) is 0 Å². The first-order valence-corrected chi connectivity index (χ1v) is 3.70. The van der Waals surface area contributed by atoms with Gasteiger partial charge in [-0.2, -0.15) is 0 Å². The predicted octanol–water partition coefficient (Wildman–Crippen LogP) is -0.228. The summed E-state index contributed by atoms with van der Waals surface area (Å²) in [6.07, 6.45) is -0.639. The first-order valence-electron chi connectivity index (χ1n) is 3.70. The fourth-order valence-electron chi connectivity index (χ4n) is 1.38. The summed E-state index contributed by atoms with van der Waals surface area (Å²) < 4.78 is 4.73. The first-order chi connectivity index (χ1) is 5.52. The Morgan fingerprint density at radius 3 is 2.62 bits per heavy atom. The van der Waals surface area contributed by atoms with Crippen LogP contribution in [0.15, 0.2) is 0 Å². The molecular weight excluding hydrogens is 198 g/mol. The Kier molecular flexibility index (Phi) is 4.16. The normalized spacial score (nSPS) is 33.1. The van der Waals surface area contributed by atoms with Crippen molar-refractivity contribution >= 4 is 24.3 Å². The van der Waals surface area contributed by atoms with Crippen LogP contribution in [-0.4, -0.2) is 29.2 Å². The molecule has 0 aromatic heterocycles. The minimum Gasteiger partial charge on any atom is -0.481 e. The van der Waals surface area contributed by atoms with Crippen LogP contribution in [0.5, 0.6) is 0 Å². The summed E-state index contributed by atoms with van der Waals surface area (Å²) in [6.45, 7) is 1.54. The Hall–Kier alpha value is -0.810. The summed E-state index contributed by atoms with van der Waals surface area (Å²) in [5, 5.41) is 8.69. The molecule has 1 heterocycles. The number of carbonyl (C=O) groups is 2. The van der Waals surface area contributed by atoms with E-state index in [-0.39, 0.29) is 18.8 Å². The number of nitrogens with two attached hydrogens (primary N) is 1. The standard InChI is InChI=1S/C7H11NO4.ClH/c1-3-6(7(10)11)4(8)2-5(9)12-3;/h3-4,6H,2,8H2,1H3,(H,10,11);1H/t3-,4-,6-;/m1./s1. The summed E-state index contributed by atoms with van der Waals surface area (Å²) in [4.78, 5) is 21.4. The van der Waals surface area contributed by atoms with E-state index in [1.165, 1.54) is 6.92 Å². The third-order valence-electron chi connectivity index (χ3n) is 1.97. The quantitative estimate of drug-likeness (QED) is 0.583. The van der Waals surface area contributed by atoms with Gasteiger partial charge in [-0.3, -0.25) is 9.59 Å². The number of hydrogen-bond donors (Lipinski definition) is 2. The number of ether oxygens (including phenoxy) is 1. The van der Waals surface area contributed by atoms with E-state index in [1.807, 2.05) is 0 Å². The Labute approximate surface area is 81.6 Å². The average Bonchev–Trinajstić information content (AvgIpc) is 1.82. The Morgan fingerprint density at radius 1 is 1.69 bits per heavy atom. The highest BCUT2D eigenvalue weighted by Gasteiger charge is 2.38. The van der Waals surface area contributed by atoms with E-state index < -0.39 is 30.0 Å². The Morgan fingerprint density at radius 2 is 2.23 bits per heavy atom. The van der Waals surface area contributed by atoms with Crippen LogP contribution in [0.4, 0.5) is 0 Å². The third kappa shape index (κ3) is 2.57. The van der Waals surface area contributed by atoms with E-state index in [4.69, 9.17) is 15.6 Å². The van der Waals surface area contributed by atoms with Crippen molar-refractivity contribution in [1.82, 2.24) is 0 Å². The maximum absolute atomic E-state index is 10.8. The van der Waals surface area contributed by atoms with Crippen LogP contribution >= 0.6 is 12.4 Å². The van der Waals surface area contributed by atoms with Gasteiger partial charge in [0, 0.05) is 6.04 Å². The maximum Gasteiger partial charge on any atom is 0.311 e. The minimum atomic E-state index is -1.01. The Balaban J connectivity index is 0.00000144. The lowest BCUT2D eigenvalue weighted by atomic mass is 9.90. The molecule has 0 spiro atoms. The van der Waals surface area contributed by atoms with E-state index in [0.29, 0.717) is 0 Å². The SMILES string of the molecule is C[C@H]1OC(=O)C[C@@H](N)[C@@H]1C(=O)O.Cl. The van der Waals surface area contributed by atoms with Crippen molar-refractivity contribution < 1.29 is 19.4 Å². The van der Waals surface area contributed by atoms with Crippen LogP contribution < -0.4 is 5.73 Å². The molecule has 1 rings (SSSR count). The highest BCUT2D eigenvalue weighted by Crippen LogP contribution is 2.20. The van der Waals surface area contributed by atoms with Crippen molar-refractivity contribution in [2.24, 2.45) is 11.7 Å². The summed E-state index contributed by atoms with van der Waals surface area (Å²) in [5.41, 5.74) is 5.48. The largest absolute Gasteiger partial charge is 0.481 e. The topological polar surface area (TPSA) is 89.6 Å². The molecule has 0 radical (unpaired) electrons. The molecule has 6 heteroatoms. The van der Waals surface area contributed by atoms with Crippen LogP contribution in [0, 0.1) is 5.92 Å². The lowest BCUT2D eigenvalue weighted by molar-refractivity contribution is -0.166. The van der Waals surface area contributed by atoms with Gasteiger partial charge in [-0.15, -0.1) is 12.4 Å². The number of carboxylic acid groups (broad SMARTS) is 1. The van der Waals surface area contributed by atoms with Crippen LogP contribution in [0.25, 0.3) is 0 Å². The number of rotatable bonds is 1. The molecule has 3 N–H and O–H groups in total. The van der Waals surface area contributed by atoms with Crippen molar-refractivity contribution in [2.45, 2.75) is 25.5 Å². The fourth-order valence-corrected chi connectivity index (χ4v) is 1.38. The molecule has 0 unspecified atom stereocenters. The van der Waals surface area contributed by atoms with Crippen molar-refractivity contribution in [3.05, 3.63) is 0 Å². The Bertz CT molecular complexity index is 207. The summed E-state index contributed by atoms with van der Waals surface area (Å²) >= 11 is 0. The molecule has 0 aliphatic carbocycles. The fraction of sp³-hybridized carbons (Fsp3) is 0.714. The molecule has 0 aromatic rings. The van der Waals surface area contributed by atoms with E-state index in [1.54, 1.807) is 0 Å². The molecule has 3 atom stereocenters. The van der Waals surface area contributed by atoms with Gasteiger partial charge in [0.15, 0.2) is 0 Å². The number of hydrogen-bond acceptors (Lipinski definition) is 4. The zero-order valence-electron chi connectivity index (χ0n) is 7.10. The summed E-state index contributed by atoms with van der Waals surface area (Å²) in [6, 6.07) is -0.626. The number of cyclic esters (lactones) is 1. The maximum atomic E-state index is 10.8. The van der Waals surface area contributed by atoms with Gasteiger partial charge in [0.05, 0.1) is 6.42 Å². The van der Waals surface area contributed by atoms with Crippen molar-refractivity contribution in [3.63, 3.8) is 0 Å². The van der Waals surface area contributed by atoms with Gasteiger partial charge in [-0.1, -0.05) is 0 Å². The van der Waals surface area contributed by atoms with E-state index >= 15 is 0 Å². The molecule has 1 aliphatic rings. The molecule has 0 bridgehead atoms. The summed E-state index contributed by atoms with van der Waals surface area (Å²) in [7, 11) is 0. The van der Waals surface area contributed by atoms with Crippen LogP contribution in [0.1, 0.15) is 13.3 Å². The van der Waals surface area contributed by atoms with Crippen molar-refractivity contribution in [1.29, 1.82) is 0 Å². The number of carboxylic acids is 1. The number of esters is 1. The molecule has 13 heavy (non-hydrogen) atoms. The minimum absolute atomic E-state index is 0. The number of carbonyl (C=O) groups excluding carboxylic acids is 1. The predicted molar refractivity (Wildman–Crippen MR) is 46.5 cm³/mol. The van der Waals surface area contributed by atoms with E-state index in [2.05, 4.69) is 0 Å². The zero-order valence-corrected chi connectivity index (χ0v) is 7.91. The second-order valence-electron chi connectivity index (χ2n) is 2.93. The molecule has 1 saturated heterocycles. The molecule has 1 fully saturated rings. The molecule has 0 amide bonds. The average molecular weight is 210 g/mol. The zero-order chi connectivity index (χ0) is 9.30. The van der Waals surface area contributed by atoms with Crippen molar-refractivity contribution in [3.8, 4) is 0 Å². The molecule has 1 aliphatic heterocycles. The molecule has 76 valence electrons. The molecular formula is C7H12ClNO4. The van der Waals surface area contributed by atoms with Gasteiger partial charge >= 0.3 is 11.9 Å². The van der Waals surface area contributed by atoms with Crippen LogP contribution in [-0.2, 0) is 14.3 Å². The number of aliphatic carboxylic acids is 1. The molecule has 5 nitrogen and oxygen atoms in total. The monoisotopic (exact) mass is 209 g/mol. The van der Waals surface area contributed by atoms with Gasteiger partial charge < -0.3 is 15.6 Å². The third-order valence-corrected chi connectivity index (χ3v) is 1.97. The second kappa shape index (κ2) is 4.43. The van der Waals surface area contributed by atoms with Gasteiger partial charge in [-0.05, 0) is 6.92 Å². The lowest BCUT2D eigenvalue weighted by Gasteiger charge is -2.30. The lowest BCUT2D eigenvalue weighted by Crippen LogP contribution is -2.49. The summed E-state index contributed by atoms with van der Waals surface area (Å²) in [5.74, 6) is -2.21. The van der Waals surface area contributed by atoms with Gasteiger partial charge in [-0.25, -0.2) is 0 Å². The highest BCUT2D eigenvalue weighted by molar-refractivity contribution is 5.85. The van der Waals surface area contributed by atoms with Gasteiger partial charge in [0.1, 0.15) is 12.0 Å². The second-order valence-corrected chi connectivity index (χ2v) is 2.93. The van der Waals surface area contributed by atoms with Gasteiger partial charge in [0.2, 0.25) is 0 Å².